The maximum atomic E-state index is 13.3. The minimum Gasteiger partial charge on any atom is -0.293 e. The van der Waals surface area contributed by atoms with Gasteiger partial charge in [0.2, 0.25) is 0 Å². The van der Waals surface area contributed by atoms with Crippen LogP contribution in [-0.4, -0.2) is 26.1 Å². The van der Waals surface area contributed by atoms with Gasteiger partial charge in [-0.1, -0.05) is 41.6 Å². The Balaban J connectivity index is 1.78. The molecule has 0 bridgehead atoms. The minimum atomic E-state index is -0.194. The molecule has 5 nitrogen and oxygen atoms in total. The van der Waals surface area contributed by atoms with E-state index in [9.17, 15) is 9.59 Å². The average molecular weight is 416 g/mol. The number of carbonyl (C=O) groups excluding carboxylic acids is 1. The number of thioether (sulfide) groups is 1. The molecule has 0 atom stereocenters. The van der Waals surface area contributed by atoms with Gasteiger partial charge in [-0.3, -0.25) is 9.59 Å². The summed E-state index contributed by atoms with van der Waals surface area (Å²) in [4.78, 5) is 35.2. The van der Waals surface area contributed by atoms with E-state index in [-0.39, 0.29) is 17.1 Å². The van der Waals surface area contributed by atoms with Gasteiger partial charge in [-0.25, -0.2) is 14.5 Å². The largest absolute Gasteiger partial charge is 0.293 e. The van der Waals surface area contributed by atoms with Crippen LogP contribution in [0, 0.1) is 20.8 Å². The number of aromatic nitrogens is 3. The van der Waals surface area contributed by atoms with Crippen molar-refractivity contribution in [2.24, 2.45) is 0 Å². The maximum absolute atomic E-state index is 13.3. The molecule has 0 radical (unpaired) electrons. The maximum Gasteiger partial charge on any atom is 0.267 e. The van der Waals surface area contributed by atoms with E-state index in [0.717, 1.165) is 16.7 Å². The van der Waals surface area contributed by atoms with Gasteiger partial charge in [-0.15, -0.1) is 0 Å². The quantitative estimate of drug-likeness (QED) is 0.269. The summed E-state index contributed by atoms with van der Waals surface area (Å²) in [6.07, 6.45) is 1.67. The zero-order valence-electron chi connectivity index (χ0n) is 17.0. The van der Waals surface area contributed by atoms with E-state index in [0.29, 0.717) is 27.4 Å². The molecular weight excluding hydrogens is 394 g/mol. The van der Waals surface area contributed by atoms with Crippen molar-refractivity contribution in [2.75, 3.05) is 5.75 Å². The Kier molecular flexibility index (Phi) is 5.50. The van der Waals surface area contributed by atoms with Crippen molar-refractivity contribution < 1.29 is 4.79 Å². The number of aryl methyl sites for hydroxylation is 3. The normalized spacial score (nSPS) is 11.0. The van der Waals surface area contributed by atoms with Crippen LogP contribution < -0.4 is 5.56 Å². The average Bonchev–Trinajstić information content (AvgIpc) is 2.74. The molecule has 0 aliphatic carbocycles. The van der Waals surface area contributed by atoms with Gasteiger partial charge in [0.05, 0.1) is 16.7 Å². The minimum absolute atomic E-state index is 0.00681. The van der Waals surface area contributed by atoms with Crippen molar-refractivity contribution in [1.29, 1.82) is 0 Å². The summed E-state index contributed by atoms with van der Waals surface area (Å²) in [6.45, 7) is 5.84. The number of nitrogens with zero attached hydrogens (tertiary/aromatic N) is 3. The van der Waals surface area contributed by atoms with Crippen LogP contribution in [0.3, 0.4) is 0 Å². The van der Waals surface area contributed by atoms with E-state index in [2.05, 4.69) is 9.97 Å². The zero-order valence-corrected chi connectivity index (χ0v) is 17.9. The first-order valence-corrected chi connectivity index (χ1v) is 10.6. The first kappa shape index (κ1) is 20.0. The Morgan fingerprint density at radius 2 is 1.77 bits per heavy atom. The van der Waals surface area contributed by atoms with Gasteiger partial charge in [0, 0.05) is 11.8 Å². The highest BCUT2D eigenvalue weighted by Gasteiger charge is 2.17. The highest BCUT2D eigenvalue weighted by atomic mass is 32.2. The fraction of sp³-hybridized carbons (Fsp3) is 0.167. The summed E-state index contributed by atoms with van der Waals surface area (Å²) in [6, 6.07) is 16.8. The van der Waals surface area contributed by atoms with Crippen LogP contribution in [0.25, 0.3) is 16.7 Å². The highest BCUT2D eigenvalue weighted by Crippen LogP contribution is 2.23. The summed E-state index contributed by atoms with van der Waals surface area (Å²) < 4.78 is 1.50. The van der Waals surface area contributed by atoms with Gasteiger partial charge in [0.1, 0.15) is 5.82 Å². The van der Waals surface area contributed by atoms with E-state index in [4.69, 9.17) is 0 Å². The van der Waals surface area contributed by atoms with Crippen LogP contribution in [0.2, 0.25) is 0 Å². The fourth-order valence-corrected chi connectivity index (χ4v) is 4.18. The van der Waals surface area contributed by atoms with Crippen molar-refractivity contribution in [2.45, 2.75) is 25.9 Å². The van der Waals surface area contributed by atoms with Crippen LogP contribution in [-0.2, 0) is 0 Å². The molecule has 4 rings (SSSR count). The molecule has 0 spiro atoms. The summed E-state index contributed by atoms with van der Waals surface area (Å²) in [5, 5.41) is 0.974. The van der Waals surface area contributed by atoms with Gasteiger partial charge < -0.3 is 0 Å². The lowest BCUT2D eigenvalue weighted by atomic mass is 10.0. The molecule has 0 saturated heterocycles. The SMILES string of the molecule is Cc1ccnc(-n2c(SCC(=O)c3cc(C)ccc3C)nc3ccccc3c2=O)c1. The summed E-state index contributed by atoms with van der Waals surface area (Å²) in [5.74, 6) is 0.688. The van der Waals surface area contributed by atoms with E-state index >= 15 is 0 Å². The number of fused-ring (bicyclic) bond motifs is 1. The first-order chi connectivity index (χ1) is 14.4. The Morgan fingerprint density at radius 3 is 2.57 bits per heavy atom. The molecule has 0 N–H and O–H groups in total. The monoisotopic (exact) mass is 415 g/mol. The number of para-hydroxylation sites is 1. The van der Waals surface area contributed by atoms with E-state index in [1.165, 1.54) is 16.3 Å². The van der Waals surface area contributed by atoms with Crippen LogP contribution >= 0.6 is 11.8 Å². The third-order valence-electron chi connectivity index (χ3n) is 4.90. The molecule has 150 valence electrons. The number of ketones is 1. The number of hydrogen-bond donors (Lipinski definition) is 0. The predicted octanol–water partition coefficient (Wildman–Crippen LogP) is 4.68. The van der Waals surface area contributed by atoms with Gasteiger partial charge >= 0.3 is 0 Å². The Labute approximate surface area is 178 Å². The van der Waals surface area contributed by atoms with Gasteiger partial charge in [0.25, 0.3) is 5.56 Å². The second-order valence-electron chi connectivity index (χ2n) is 7.27. The smallest absolute Gasteiger partial charge is 0.267 e. The third kappa shape index (κ3) is 3.91. The zero-order chi connectivity index (χ0) is 21.3. The molecule has 0 fully saturated rings. The predicted molar refractivity (Wildman–Crippen MR) is 121 cm³/mol. The molecule has 0 unspecified atom stereocenters. The van der Waals surface area contributed by atoms with E-state index in [1.54, 1.807) is 18.3 Å². The number of Topliss-reactive ketones (excluding diaryl/α,β-unsaturated/α-hetero) is 1. The van der Waals surface area contributed by atoms with Crippen LogP contribution in [0.5, 0.6) is 0 Å². The molecule has 0 aliphatic rings. The number of hydrogen-bond acceptors (Lipinski definition) is 5. The molecule has 0 saturated carbocycles. The lowest BCUT2D eigenvalue weighted by Gasteiger charge is -2.13. The lowest BCUT2D eigenvalue weighted by molar-refractivity contribution is 0.102. The summed E-state index contributed by atoms with van der Waals surface area (Å²) >= 11 is 1.26. The third-order valence-corrected chi connectivity index (χ3v) is 5.84. The highest BCUT2D eigenvalue weighted by molar-refractivity contribution is 7.99. The van der Waals surface area contributed by atoms with Gasteiger partial charge in [-0.2, -0.15) is 0 Å². The number of carbonyl (C=O) groups is 1. The van der Waals surface area contributed by atoms with Gasteiger partial charge in [-0.05, 0) is 62.2 Å². The lowest BCUT2D eigenvalue weighted by Crippen LogP contribution is -2.23. The molecule has 0 amide bonds. The number of rotatable bonds is 5. The van der Waals surface area contributed by atoms with Crippen LogP contribution in [0.4, 0.5) is 0 Å². The van der Waals surface area contributed by atoms with Crippen LogP contribution in [0.1, 0.15) is 27.0 Å². The van der Waals surface area contributed by atoms with E-state index in [1.807, 2.05) is 63.2 Å². The topological polar surface area (TPSA) is 64.8 Å². The molecule has 0 aliphatic heterocycles. The molecule has 4 aromatic rings. The van der Waals surface area contributed by atoms with Crippen molar-refractivity contribution >= 4 is 28.4 Å². The Bertz CT molecular complexity index is 1330. The summed E-state index contributed by atoms with van der Waals surface area (Å²) in [7, 11) is 0. The molecular formula is C24H21N3O2S. The second-order valence-corrected chi connectivity index (χ2v) is 8.22. The Morgan fingerprint density at radius 1 is 1.00 bits per heavy atom. The number of benzene rings is 2. The molecule has 6 heteroatoms. The molecule has 2 heterocycles. The fourth-order valence-electron chi connectivity index (χ4n) is 3.30. The summed E-state index contributed by atoms with van der Waals surface area (Å²) in [5.41, 5.74) is 4.08. The first-order valence-electron chi connectivity index (χ1n) is 9.62. The second kappa shape index (κ2) is 8.24. The molecule has 2 aromatic heterocycles. The van der Waals surface area contributed by atoms with Gasteiger partial charge in [0.15, 0.2) is 10.9 Å². The van der Waals surface area contributed by atoms with Crippen molar-refractivity contribution in [3.8, 4) is 5.82 Å². The molecule has 30 heavy (non-hydrogen) atoms. The Hall–Kier alpha value is -3.25. The molecule has 2 aromatic carbocycles. The van der Waals surface area contributed by atoms with Crippen molar-refractivity contribution in [3.63, 3.8) is 0 Å². The standard InChI is InChI=1S/C24H21N3O2S/c1-15-8-9-17(3)19(12-15)21(28)14-30-24-26-20-7-5-4-6-18(20)23(29)27(24)22-13-16(2)10-11-25-22/h4-13H,14H2,1-3H3. The van der Waals surface area contributed by atoms with Crippen molar-refractivity contribution in [1.82, 2.24) is 14.5 Å². The number of pyridine rings is 1. The van der Waals surface area contributed by atoms with Crippen molar-refractivity contribution in [3.05, 3.63) is 93.4 Å². The van der Waals surface area contributed by atoms with Crippen LogP contribution in [0.15, 0.2) is 70.7 Å². The van der Waals surface area contributed by atoms with E-state index < -0.39 is 0 Å².